The minimum atomic E-state index is 0.492. The second-order valence-electron chi connectivity index (χ2n) is 4.03. The van der Waals surface area contributed by atoms with Crippen molar-refractivity contribution in [3.63, 3.8) is 0 Å². The summed E-state index contributed by atoms with van der Waals surface area (Å²) in [4.78, 5) is 1.42. The van der Waals surface area contributed by atoms with Gasteiger partial charge in [0.2, 0.25) is 0 Å². The first-order valence-electron chi connectivity index (χ1n) is 5.21. The lowest BCUT2D eigenvalue weighted by Gasteiger charge is -2.12. The highest BCUT2D eigenvalue weighted by Gasteiger charge is 2.36. The Morgan fingerprint density at radius 2 is 2.50 bits per heavy atom. The van der Waals surface area contributed by atoms with Crippen LogP contribution in [0.4, 0.5) is 0 Å². The molecule has 1 N–H and O–H groups in total. The van der Waals surface area contributed by atoms with Crippen molar-refractivity contribution in [1.82, 2.24) is 5.32 Å². The maximum atomic E-state index is 3.68. The number of hydrogen-bond acceptors (Lipinski definition) is 2. The second kappa shape index (κ2) is 4.33. The fourth-order valence-electron chi connectivity index (χ4n) is 1.91. The fraction of sp³-hybridized carbons (Fsp3) is 0.636. The smallest absolute Gasteiger partial charge is 0.0399 e. The van der Waals surface area contributed by atoms with Crippen LogP contribution in [0.15, 0.2) is 15.9 Å². The first-order valence-corrected chi connectivity index (χ1v) is 6.88. The van der Waals surface area contributed by atoms with Gasteiger partial charge in [0, 0.05) is 21.4 Å². The van der Waals surface area contributed by atoms with E-state index in [1.165, 1.54) is 22.2 Å². The Hall–Kier alpha value is 0.140. The standard InChI is InChI=1S/C11H16BrNS/c1-3-8-6-10(8)13-7(2)11-9(12)4-5-14-11/h4-5,7-8,10,13H,3,6H2,1-2H3. The zero-order valence-corrected chi connectivity index (χ0v) is 11.0. The van der Waals surface area contributed by atoms with Crippen molar-refractivity contribution in [2.45, 2.75) is 38.8 Å². The Morgan fingerprint density at radius 3 is 3.00 bits per heavy atom. The Morgan fingerprint density at radius 1 is 1.71 bits per heavy atom. The lowest BCUT2D eigenvalue weighted by molar-refractivity contribution is 0.544. The van der Waals surface area contributed by atoms with E-state index in [9.17, 15) is 0 Å². The van der Waals surface area contributed by atoms with Gasteiger partial charge in [-0.3, -0.25) is 0 Å². The van der Waals surface area contributed by atoms with E-state index in [2.05, 4.69) is 46.5 Å². The van der Waals surface area contributed by atoms with Gasteiger partial charge in [-0.05, 0) is 46.6 Å². The van der Waals surface area contributed by atoms with E-state index in [0.29, 0.717) is 6.04 Å². The number of nitrogens with one attached hydrogen (secondary N) is 1. The summed E-state index contributed by atoms with van der Waals surface area (Å²) in [5.74, 6) is 0.927. The molecule has 1 heterocycles. The van der Waals surface area contributed by atoms with Crippen LogP contribution in [-0.4, -0.2) is 6.04 Å². The summed E-state index contributed by atoms with van der Waals surface area (Å²) in [6.07, 6.45) is 2.68. The van der Waals surface area contributed by atoms with E-state index in [4.69, 9.17) is 0 Å². The van der Waals surface area contributed by atoms with Gasteiger partial charge in [0.25, 0.3) is 0 Å². The van der Waals surface area contributed by atoms with Crippen LogP contribution in [0.25, 0.3) is 0 Å². The van der Waals surface area contributed by atoms with E-state index in [1.54, 1.807) is 0 Å². The SMILES string of the molecule is CCC1CC1NC(C)c1sccc1Br. The van der Waals surface area contributed by atoms with Gasteiger partial charge in [0.1, 0.15) is 0 Å². The van der Waals surface area contributed by atoms with Gasteiger partial charge in [0.05, 0.1) is 0 Å². The minimum Gasteiger partial charge on any atom is -0.306 e. The molecule has 3 atom stereocenters. The molecule has 2 rings (SSSR count). The van der Waals surface area contributed by atoms with Crippen LogP contribution in [0.3, 0.4) is 0 Å². The lowest BCUT2D eigenvalue weighted by Crippen LogP contribution is -2.21. The highest BCUT2D eigenvalue weighted by atomic mass is 79.9. The largest absolute Gasteiger partial charge is 0.306 e. The van der Waals surface area contributed by atoms with Gasteiger partial charge < -0.3 is 5.32 Å². The van der Waals surface area contributed by atoms with E-state index < -0.39 is 0 Å². The zero-order chi connectivity index (χ0) is 10.1. The lowest BCUT2D eigenvalue weighted by atomic mass is 10.2. The molecule has 3 heteroatoms. The molecular weight excluding hydrogens is 258 g/mol. The fourth-order valence-corrected chi connectivity index (χ4v) is 3.65. The molecule has 1 nitrogen and oxygen atoms in total. The van der Waals surface area contributed by atoms with Crippen LogP contribution in [0.2, 0.25) is 0 Å². The molecule has 1 saturated carbocycles. The van der Waals surface area contributed by atoms with Gasteiger partial charge in [-0.2, -0.15) is 0 Å². The average molecular weight is 274 g/mol. The molecule has 0 aliphatic heterocycles. The maximum Gasteiger partial charge on any atom is 0.0399 e. The highest BCUT2D eigenvalue weighted by molar-refractivity contribution is 9.10. The van der Waals surface area contributed by atoms with Crippen molar-refractivity contribution in [2.24, 2.45) is 5.92 Å². The quantitative estimate of drug-likeness (QED) is 0.876. The first-order chi connectivity index (χ1) is 6.72. The Kier molecular flexibility index (Phi) is 3.30. The molecular formula is C11H16BrNS. The number of rotatable bonds is 4. The molecule has 1 aromatic rings. The summed E-state index contributed by atoms with van der Waals surface area (Å²) in [5, 5.41) is 5.82. The normalized spacial score (nSPS) is 27.6. The first kappa shape index (κ1) is 10.7. The van der Waals surface area contributed by atoms with Gasteiger partial charge in [-0.15, -0.1) is 11.3 Å². The third-order valence-electron chi connectivity index (χ3n) is 2.95. The molecule has 1 aliphatic rings. The Bertz CT molecular complexity index is 310. The second-order valence-corrected chi connectivity index (χ2v) is 5.83. The number of hydrogen-bond donors (Lipinski definition) is 1. The molecule has 1 aliphatic carbocycles. The van der Waals surface area contributed by atoms with E-state index in [0.717, 1.165) is 12.0 Å². The number of thiophene rings is 1. The molecule has 0 radical (unpaired) electrons. The molecule has 0 aromatic carbocycles. The highest BCUT2D eigenvalue weighted by Crippen LogP contribution is 2.37. The van der Waals surface area contributed by atoms with Gasteiger partial charge in [-0.25, -0.2) is 0 Å². The zero-order valence-electron chi connectivity index (χ0n) is 8.59. The molecule has 0 amide bonds. The van der Waals surface area contributed by atoms with Crippen LogP contribution in [0.1, 0.15) is 37.6 Å². The van der Waals surface area contributed by atoms with Gasteiger partial charge >= 0.3 is 0 Å². The summed E-state index contributed by atoms with van der Waals surface area (Å²) in [6.45, 7) is 4.53. The number of halogens is 1. The molecule has 0 spiro atoms. The summed E-state index contributed by atoms with van der Waals surface area (Å²) in [6, 6.07) is 3.39. The van der Waals surface area contributed by atoms with Crippen LogP contribution >= 0.6 is 27.3 Å². The monoisotopic (exact) mass is 273 g/mol. The minimum absolute atomic E-state index is 0.492. The van der Waals surface area contributed by atoms with E-state index in [1.807, 2.05) is 11.3 Å². The average Bonchev–Trinajstić information content (AvgIpc) is 2.77. The summed E-state index contributed by atoms with van der Waals surface area (Å²) >= 11 is 5.41. The van der Waals surface area contributed by atoms with Crippen molar-refractivity contribution in [3.8, 4) is 0 Å². The van der Waals surface area contributed by atoms with Crippen LogP contribution in [0.5, 0.6) is 0 Å². The summed E-state index contributed by atoms with van der Waals surface area (Å²) in [5.41, 5.74) is 0. The molecule has 0 bridgehead atoms. The summed E-state index contributed by atoms with van der Waals surface area (Å²) < 4.78 is 1.25. The van der Waals surface area contributed by atoms with Crippen molar-refractivity contribution < 1.29 is 0 Å². The third-order valence-corrected chi connectivity index (χ3v) is 5.00. The van der Waals surface area contributed by atoms with Crippen molar-refractivity contribution in [3.05, 3.63) is 20.8 Å². The van der Waals surface area contributed by atoms with Crippen LogP contribution < -0.4 is 5.32 Å². The van der Waals surface area contributed by atoms with E-state index in [-0.39, 0.29) is 0 Å². The molecule has 1 aromatic heterocycles. The van der Waals surface area contributed by atoms with Crippen LogP contribution in [0, 0.1) is 5.92 Å². The van der Waals surface area contributed by atoms with Crippen molar-refractivity contribution >= 4 is 27.3 Å². The van der Waals surface area contributed by atoms with Crippen LogP contribution in [-0.2, 0) is 0 Å². The van der Waals surface area contributed by atoms with Gasteiger partial charge in [0.15, 0.2) is 0 Å². The molecule has 3 unspecified atom stereocenters. The molecule has 1 fully saturated rings. The van der Waals surface area contributed by atoms with E-state index >= 15 is 0 Å². The van der Waals surface area contributed by atoms with Crippen molar-refractivity contribution in [2.75, 3.05) is 0 Å². The maximum absolute atomic E-state index is 3.68. The molecule has 78 valence electrons. The van der Waals surface area contributed by atoms with Crippen molar-refractivity contribution in [1.29, 1.82) is 0 Å². The Labute approximate surface area is 98.0 Å². The predicted octanol–water partition coefficient (Wildman–Crippen LogP) is 3.96. The third kappa shape index (κ3) is 2.20. The predicted molar refractivity (Wildman–Crippen MR) is 65.8 cm³/mol. The Balaban J connectivity index is 1.91. The molecule has 14 heavy (non-hydrogen) atoms. The topological polar surface area (TPSA) is 12.0 Å². The molecule has 0 saturated heterocycles. The summed E-state index contributed by atoms with van der Waals surface area (Å²) in [7, 11) is 0. The van der Waals surface area contributed by atoms with Gasteiger partial charge in [-0.1, -0.05) is 13.3 Å².